The quantitative estimate of drug-likeness (QED) is 0.630. The van der Waals surface area contributed by atoms with Gasteiger partial charge in [0.15, 0.2) is 0 Å². The summed E-state index contributed by atoms with van der Waals surface area (Å²) in [7, 11) is 2.03. The molecular weight excluding hydrogens is 148 g/mol. The van der Waals surface area contributed by atoms with Gasteiger partial charge in [-0.3, -0.25) is 0 Å². The highest BCUT2D eigenvalue weighted by Crippen LogP contribution is 2.33. The van der Waals surface area contributed by atoms with E-state index in [-0.39, 0.29) is 0 Å². The van der Waals surface area contributed by atoms with E-state index in [4.69, 9.17) is 5.73 Å². The van der Waals surface area contributed by atoms with Gasteiger partial charge in [0.1, 0.15) is 0 Å². The lowest BCUT2D eigenvalue weighted by atomic mass is 9.80. The van der Waals surface area contributed by atoms with E-state index in [9.17, 15) is 0 Å². The molecule has 1 aliphatic carbocycles. The van der Waals surface area contributed by atoms with Crippen molar-refractivity contribution in [2.45, 2.75) is 38.5 Å². The van der Waals surface area contributed by atoms with Crippen LogP contribution in [0.5, 0.6) is 0 Å². The molecule has 0 amide bonds. The molecule has 3 N–H and O–H groups in total. The first kappa shape index (κ1) is 10.0. The zero-order valence-corrected chi connectivity index (χ0v) is 8.23. The molecular formula is C10H22N2. The third-order valence-corrected chi connectivity index (χ3v) is 3.15. The van der Waals surface area contributed by atoms with Gasteiger partial charge < -0.3 is 11.1 Å². The van der Waals surface area contributed by atoms with E-state index in [1.165, 1.54) is 38.5 Å². The van der Waals surface area contributed by atoms with Crippen LogP contribution in [-0.4, -0.2) is 20.1 Å². The molecule has 1 fully saturated rings. The fourth-order valence-electron chi connectivity index (χ4n) is 2.31. The molecule has 2 heteroatoms. The van der Waals surface area contributed by atoms with E-state index in [2.05, 4.69) is 5.32 Å². The van der Waals surface area contributed by atoms with Crippen LogP contribution in [0.15, 0.2) is 0 Å². The molecule has 0 aromatic rings. The molecule has 12 heavy (non-hydrogen) atoms. The Labute approximate surface area is 75.9 Å². The lowest BCUT2D eigenvalue weighted by molar-refractivity contribution is 0.249. The fourth-order valence-corrected chi connectivity index (χ4v) is 2.31. The van der Waals surface area contributed by atoms with Gasteiger partial charge >= 0.3 is 0 Å². The summed E-state index contributed by atoms with van der Waals surface area (Å²) in [6.07, 6.45) is 8.21. The van der Waals surface area contributed by atoms with Gasteiger partial charge in [-0.15, -0.1) is 0 Å². The Balaban J connectivity index is 2.48. The van der Waals surface area contributed by atoms with Crippen molar-refractivity contribution in [2.24, 2.45) is 11.1 Å². The average molecular weight is 170 g/mol. The maximum absolute atomic E-state index is 5.85. The molecule has 2 nitrogen and oxygen atoms in total. The second-order valence-electron chi connectivity index (χ2n) is 4.15. The van der Waals surface area contributed by atoms with Crippen LogP contribution in [0.1, 0.15) is 38.5 Å². The van der Waals surface area contributed by atoms with Crippen molar-refractivity contribution in [3.63, 3.8) is 0 Å². The summed E-state index contributed by atoms with van der Waals surface area (Å²) in [5.74, 6) is 0. The molecule has 0 aliphatic heterocycles. The predicted octanol–water partition coefficient (Wildman–Crippen LogP) is 1.51. The van der Waals surface area contributed by atoms with Crippen molar-refractivity contribution >= 4 is 0 Å². The highest BCUT2D eigenvalue weighted by atomic mass is 14.8. The zero-order chi connectivity index (χ0) is 8.86. The highest BCUT2D eigenvalue weighted by molar-refractivity contribution is 4.83. The van der Waals surface area contributed by atoms with Crippen LogP contribution >= 0.6 is 0 Å². The van der Waals surface area contributed by atoms with Crippen LogP contribution in [0, 0.1) is 5.41 Å². The minimum atomic E-state index is 0.422. The van der Waals surface area contributed by atoms with E-state index in [1.807, 2.05) is 7.05 Å². The Bertz CT molecular complexity index is 115. The second-order valence-corrected chi connectivity index (χ2v) is 4.15. The normalized spacial score (nSPS) is 23.5. The molecule has 1 saturated carbocycles. The van der Waals surface area contributed by atoms with Crippen LogP contribution in [0.2, 0.25) is 0 Å². The minimum Gasteiger partial charge on any atom is -0.330 e. The second kappa shape index (κ2) is 4.83. The van der Waals surface area contributed by atoms with Crippen molar-refractivity contribution in [2.75, 3.05) is 20.1 Å². The predicted molar refractivity (Wildman–Crippen MR) is 53.1 cm³/mol. The summed E-state index contributed by atoms with van der Waals surface area (Å²) < 4.78 is 0. The van der Waals surface area contributed by atoms with Gasteiger partial charge in [-0.05, 0) is 31.8 Å². The highest BCUT2D eigenvalue weighted by Gasteiger charge is 2.28. The Morgan fingerprint density at radius 2 is 1.75 bits per heavy atom. The Morgan fingerprint density at radius 3 is 2.17 bits per heavy atom. The average Bonchev–Trinajstić information content (AvgIpc) is 2.32. The topological polar surface area (TPSA) is 38.0 Å². The number of nitrogens with two attached hydrogens (primary N) is 1. The van der Waals surface area contributed by atoms with Crippen LogP contribution in [0.25, 0.3) is 0 Å². The summed E-state index contributed by atoms with van der Waals surface area (Å²) in [5.41, 5.74) is 6.28. The first-order valence-corrected chi connectivity index (χ1v) is 5.18. The maximum Gasteiger partial charge on any atom is 0.00169 e. The lowest BCUT2D eigenvalue weighted by Gasteiger charge is -2.31. The van der Waals surface area contributed by atoms with Gasteiger partial charge in [-0.25, -0.2) is 0 Å². The molecule has 1 aliphatic rings. The van der Waals surface area contributed by atoms with E-state index in [1.54, 1.807) is 0 Å². The molecule has 0 bridgehead atoms. The van der Waals surface area contributed by atoms with E-state index in [0.29, 0.717) is 5.41 Å². The third kappa shape index (κ3) is 2.46. The first-order valence-electron chi connectivity index (χ1n) is 5.18. The number of hydrogen-bond acceptors (Lipinski definition) is 2. The summed E-state index contributed by atoms with van der Waals surface area (Å²) in [4.78, 5) is 0. The van der Waals surface area contributed by atoms with Gasteiger partial charge in [0.05, 0.1) is 0 Å². The minimum absolute atomic E-state index is 0.422. The standard InChI is InChI=1S/C10H22N2/c1-12-9-10(8-11)6-4-2-3-5-7-10/h12H,2-9,11H2,1H3. The van der Waals surface area contributed by atoms with Crippen molar-refractivity contribution < 1.29 is 0 Å². The number of hydrogen-bond donors (Lipinski definition) is 2. The van der Waals surface area contributed by atoms with Crippen LogP contribution in [0.4, 0.5) is 0 Å². The van der Waals surface area contributed by atoms with E-state index >= 15 is 0 Å². The first-order chi connectivity index (χ1) is 5.83. The molecule has 72 valence electrons. The molecule has 0 atom stereocenters. The molecule has 0 aromatic heterocycles. The van der Waals surface area contributed by atoms with Crippen molar-refractivity contribution in [3.8, 4) is 0 Å². The van der Waals surface area contributed by atoms with Gasteiger partial charge in [-0.2, -0.15) is 0 Å². The van der Waals surface area contributed by atoms with E-state index < -0.39 is 0 Å². The lowest BCUT2D eigenvalue weighted by Crippen LogP contribution is -2.38. The van der Waals surface area contributed by atoms with E-state index in [0.717, 1.165) is 13.1 Å². The smallest absolute Gasteiger partial charge is 0.00169 e. The van der Waals surface area contributed by atoms with Crippen LogP contribution in [-0.2, 0) is 0 Å². The Morgan fingerprint density at radius 1 is 1.17 bits per heavy atom. The Kier molecular flexibility index (Phi) is 4.02. The molecule has 0 unspecified atom stereocenters. The fraction of sp³-hybridized carbons (Fsp3) is 1.00. The van der Waals surface area contributed by atoms with Crippen molar-refractivity contribution in [3.05, 3.63) is 0 Å². The number of nitrogens with one attached hydrogen (secondary N) is 1. The zero-order valence-electron chi connectivity index (χ0n) is 8.23. The maximum atomic E-state index is 5.85. The largest absolute Gasteiger partial charge is 0.330 e. The van der Waals surface area contributed by atoms with Gasteiger partial charge in [0.25, 0.3) is 0 Å². The van der Waals surface area contributed by atoms with Gasteiger partial charge in [0.2, 0.25) is 0 Å². The molecule has 1 rings (SSSR count). The van der Waals surface area contributed by atoms with Crippen LogP contribution < -0.4 is 11.1 Å². The molecule has 0 aromatic carbocycles. The Hall–Kier alpha value is -0.0800. The summed E-state index contributed by atoms with van der Waals surface area (Å²) in [6, 6.07) is 0. The summed E-state index contributed by atoms with van der Waals surface area (Å²) >= 11 is 0. The molecule has 0 spiro atoms. The van der Waals surface area contributed by atoms with Gasteiger partial charge in [0, 0.05) is 6.54 Å². The molecule has 0 radical (unpaired) electrons. The monoisotopic (exact) mass is 170 g/mol. The van der Waals surface area contributed by atoms with Gasteiger partial charge in [-0.1, -0.05) is 25.7 Å². The van der Waals surface area contributed by atoms with Crippen molar-refractivity contribution in [1.82, 2.24) is 5.32 Å². The summed E-state index contributed by atoms with van der Waals surface area (Å²) in [6.45, 7) is 1.96. The SMILES string of the molecule is CNCC1(CN)CCCCCC1. The number of rotatable bonds is 3. The molecule has 0 heterocycles. The van der Waals surface area contributed by atoms with Crippen molar-refractivity contribution in [1.29, 1.82) is 0 Å². The summed E-state index contributed by atoms with van der Waals surface area (Å²) in [5, 5.41) is 3.28. The molecule has 0 saturated heterocycles. The third-order valence-electron chi connectivity index (χ3n) is 3.15. The van der Waals surface area contributed by atoms with Crippen LogP contribution in [0.3, 0.4) is 0 Å².